The van der Waals surface area contributed by atoms with Gasteiger partial charge in [0, 0.05) is 11.8 Å². The van der Waals surface area contributed by atoms with Crippen LogP contribution in [0.4, 0.5) is 0 Å². The first-order valence-electron chi connectivity index (χ1n) is 6.75. The highest BCUT2D eigenvalue weighted by Gasteiger charge is 2.65. The molecule has 0 aromatic rings. The fourth-order valence-electron chi connectivity index (χ4n) is 5.79. The van der Waals surface area contributed by atoms with E-state index in [1.807, 2.05) is 0 Å². The Morgan fingerprint density at radius 1 is 0.750 bits per heavy atom. The van der Waals surface area contributed by atoms with Crippen LogP contribution in [0.15, 0.2) is 24.3 Å². The van der Waals surface area contributed by atoms with Crippen molar-refractivity contribution in [1.82, 2.24) is 0 Å². The Kier molecular flexibility index (Phi) is 1.22. The van der Waals surface area contributed by atoms with Crippen molar-refractivity contribution in [3.8, 4) is 0 Å². The van der Waals surface area contributed by atoms with Crippen LogP contribution in [-0.4, -0.2) is 5.78 Å². The van der Waals surface area contributed by atoms with E-state index >= 15 is 0 Å². The number of ketones is 1. The van der Waals surface area contributed by atoms with Crippen molar-refractivity contribution in [2.24, 2.45) is 47.3 Å². The lowest BCUT2D eigenvalue weighted by Gasteiger charge is -2.28. The fraction of sp³-hybridized carbons (Fsp3) is 0.667. The van der Waals surface area contributed by atoms with Gasteiger partial charge in [0.25, 0.3) is 0 Å². The molecule has 0 amide bonds. The van der Waals surface area contributed by atoms with Crippen LogP contribution >= 0.6 is 0 Å². The van der Waals surface area contributed by atoms with Gasteiger partial charge in [-0.3, -0.25) is 4.79 Å². The Morgan fingerprint density at radius 3 is 1.69 bits per heavy atom. The summed E-state index contributed by atoms with van der Waals surface area (Å²) in [4.78, 5) is 12.6. The quantitative estimate of drug-likeness (QED) is 0.564. The molecule has 4 unspecified atom stereocenters. The second kappa shape index (κ2) is 2.37. The summed E-state index contributed by atoms with van der Waals surface area (Å²) < 4.78 is 0. The van der Waals surface area contributed by atoms with Gasteiger partial charge >= 0.3 is 0 Å². The van der Waals surface area contributed by atoms with E-state index in [9.17, 15) is 4.79 Å². The molecule has 3 saturated carbocycles. The first kappa shape index (κ1) is 8.27. The van der Waals surface area contributed by atoms with Crippen LogP contribution in [0.1, 0.15) is 12.8 Å². The molecule has 82 valence electrons. The Bertz CT molecular complexity index is 406. The Hall–Kier alpha value is -0.850. The van der Waals surface area contributed by atoms with Gasteiger partial charge in [0.15, 0.2) is 0 Å². The molecular formula is C15H16O. The van der Waals surface area contributed by atoms with Gasteiger partial charge in [-0.2, -0.15) is 0 Å². The summed E-state index contributed by atoms with van der Waals surface area (Å²) in [5.41, 5.74) is 0. The monoisotopic (exact) mass is 212 g/mol. The second-order valence-electron chi connectivity index (χ2n) is 6.51. The number of rotatable bonds is 0. The molecule has 0 saturated heterocycles. The predicted molar refractivity (Wildman–Crippen MR) is 60.4 cm³/mol. The molecule has 5 aliphatic rings. The first-order chi connectivity index (χ1) is 7.84. The molecule has 0 N–H and O–H groups in total. The smallest absolute Gasteiger partial charge is 0.140 e. The van der Waals surface area contributed by atoms with Crippen LogP contribution in [0.25, 0.3) is 0 Å². The summed E-state index contributed by atoms with van der Waals surface area (Å²) in [5, 5.41) is 0. The molecule has 16 heavy (non-hydrogen) atoms. The number of allylic oxidation sites excluding steroid dienone is 4. The molecule has 0 heterocycles. The molecule has 8 atom stereocenters. The zero-order valence-corrected chi connectivity index (χ0v) is 9.25. The molecule has 0 spiro atoms. The van der Waals surface area contributed by atoms with Gasteiger partial charge in [-0.1, -0.05) is 24.3 Å². The topological polar surface area (TPSA) is 17.1 Å². The predicted octanol–water partition coefficient (Wildman–Crippen LogP) is 2.45. The van der Waals surface area contributed by atoms with Crippen LogP contribution < -0.4 is 0 Å². The van der Waals surface area contributed by atoms with Gasteiger partial charge in [0.1, 0.15) is 5.78 Å². The van der Waals surface area contributed by atoms with Crippen LogP contribution in [0.5, 0.6) is 0 Å². The fourth-order valence-corrected chi connectivity index (χ4v) is 5.79. The lowest BCUT2D eigenvalue weighted by atomic mass is 9.75. The SMILES string of the molecule is O=C1[C@@H]2C3C=CC(C3)[C@@H]2[C@H]2C3C=CC(C3)[C@@H]12. The van der Waals surface area contributed by atoms with Crippen molar-refractivity contribution in [1.29, 1.82) is 0 Å². The Morgan fingerprint density at radius 2 is 1.19 bits per heavy atom. The molecule has 0 aromatic carbocycles. The van der Waals surface area contributed by atoms with Gasteiger partial charge in [-0.15, -0.1) is 0 Å². The molecular weight excluding hydrogens is 196 g/mol. The summed E-state index contributed by atoms with van der Waals surface area (Å²) in [5.74, 6) is 5.69. The van der Waals surface area contributed by atoms with E-state index in [4.69, 9.17) is 0 Å². The van der Waals surface area contributed by atoms with Crippen molar-refractivity contribution >= 4 is 5.78 Å². The van der Waals surface area contributed by atoms with E-state index in [2.05, 4.69) is 24.3 Å². The third-order valence-electron chi connectivity index (χ3n) is 6.14. The number of hydrogen-bond acceptors (Lipinski definition) is 1. The summed E-state index contributed by atoms with van der Waals surface area (Å²) in [7, 11) is 0. The van der Waals surface area contributed by atoms with Crippen LogP contribution in [0.2, 0.25) is 0 Å². The summed E-state index contributed by atoms with van der Waals surface area (Å²) >= 11 is 0. The first-order valence-corrected chi connectivity index (χ1v) is 6.75. The van der Waals surface area contributed by atoms with E-state index in [1.54, 1.807) is 0 Å². The Labute approximate surface area is 95.6 Å². The molecule has 0 aromatic heterocycles. The van der Waals surface area contributed by atoms with E-state index in [1.165, 1.54) is 12.8 Å². The standard InChI is InChI=1S/C15H16O/c16-15-13-9-3-1-7(5-9)11(13)12-8-2-4-10(6-8)14(12)15/h1-4,7-14H,5-6H2/t7?,8?,9?,10?,11-,12-,13-,14-/m1/s1. The maximum Gasteiger partial charge on any atom is 0.140 e. The molecule has 3 fully saturated rings. The van der Waals surface area contributed by atoms with E-state index in [0.29, 0.717) is 29.5 Å². The van der Waals surface area contributed by atoms with Crippen molar-refractivity contribution in [3.63, 3.8) is 0 Å². The minimum atomic E-state index is 0.426. The van der Waals surface area contributed by atoms with Gasteiger partial charge in [-0.05, 0) is 48.3 Å². The average molecular weight is 212 g/mol. The minimum absolute atomic E-state index is 0.426. The molecule has 5 rings (SSSR count). The maximum atomic E-state index is 12.6. The normalized spacial score (nSPS) is 63.4. The van der Waals surface area contributed by atoms with Crippen molar-refractivity contribution in [2.75, 3.05) is 0 Å². The minimum Gasteiger partial charge on any atom is -0.299 e. The molecule has 1 heteroatoms. The van der Waals surface area contributed by atoms with E-state index in [0.717, 1.165) is 23.7 Å². The third kappa shape index (κ3) is 0.687. The summed E-state index contributed by atoms with van der Waals surface area (Å²) in [6.45, 7) is 0. The molecule has 1 nitrogen and oxygen atoms in total. The van der Waals surface area contributed by atoms with Gasteiger partial charge < -0.3 is 0 Å². The lowest BCUT2D eigenvalue weighted by Crippen LogP contribution is -2.24. The van der Waals surface area contributed by atoms with Gasteiger partial charge in [0.2, 0.25) is 0 Å². The van der Waals surface area contributed by atoms with Gasteiger partial charge in [-0.25, -0.2) is 0 Å². The number of Topliss-reactive ketones (excluding diaryl/α,β-unsaturated/α-hetero) is 1. The zero-order chi connectivity index (χ0) is 10.4. The average Bonchev–Trinajstić information content (AvgIpc) is 2.98. The number of carbonyl (C=O) groups is 1. The Balaban J connectivity index is 1.67. The highest BCUT2D eigenvalue weighted by molar-refractivity contribution is 5.89. The summed E-state index contributed by atoms with van der Waals surface area (Å²) in [6, 6.07) is 0. The second-order valence-corrected chi connectivity index (χ2v) is 6.51. The zero-order valence-electron chi connectivity index (χ0n) is 9.25. The van der Waals surface area contributed by atoms with E-state index in [-0.39, 0.29) is 0 Å². The van der Waals surface area contributed by atoms with Crippen molar-refractivity contribution in [2.45, 2.75) is 12.8 Å². The largest absolute Gasteiger partial charge is 0.299 e. The number of hydrogen-bond donors (Lipinski definition) is 0. The highest BCUT2D eigenvalue weighted by Crippen LogP contribution is 2.66. The number of carbonyl (C=O) groups excluding carboxylic acids is 1. The summed E-state index contributed by atoms with van der Waals surface area (Å²) in [6.07, 6.45) is 12.1. The van der Waals surface area contributed by atoms with Gasteiger partial charge in [0.05, 0.1) is 0 Å². The van der Waals surface area contributed by atoms with Crippen molar-refractivity contribution < 1.29 is 4.79 Å². The molecule has 0 aliphatic heterocycles. The molecule has 5 aliphatic carbocycles. The molecule has 0 radical (unpaired) electrons. The van der Waals surface area contributed by atoms with E-state index < -0.39 is 0 Å². The molecule has 4 bridgehead atoms. The third-order valence-corrected chi connectivity index (χ3v) is 6.14. The number of fused-ring (bicyclic) bond motifs is 11. The van der Waals surface area contributed by atoms with Crippen LogP contribution in [0.3, 0.4) is 0 Å². The maximum absolute atomic E-state index is 12.6. The van der Waals surface area contributed by atoms with Crippen LogP contribution in [-0.2, 0) is 4.79 Å². The highest BCUT2D eigenvalue weighted by atomic mass is 16.1. The van der Waals surface area contributed by atoms with Crippen molar-refractivity contribution in [3.05, 3.63) is 24.3 Å². The van der Waals surface area contributed by atoms with Crippen LogP contribution in [0, 0.1) is 47.3 Å². The lowest BCUT2D eigenvalue weighted by molar-refractivity contribution is -0.125.